The van der Waals surface area contributed by atoms with Crippen LogP contribution in [0.4, 0.5) is 5.69 Å². The Labute approximate surface area is 166 Å². The minimum atomic E-state index is -3.37. The first kappa shape index (κ1) is 20.6. The highest BCUT2D eigenvalue weighted by Gasteiger charge is 2.34. The molecule has 1 saturated carbocycles. The molecule has 1 aromatic heterocycles. The van der Waals surface area contributed by atoms with E-state index in [0.29, 0.717) is 25.7 Å². The fourth-order valence-corrected chi connectivity index (χ4v) is 4.34. The lowest BCUT2D eigenvalue weighted by Crippen LogP contribution is -2.46. The zero-order chi connectivity index (χ0) is 20.4. The molecule has 1 heterocycles. The molecule has 28 heavy (non-hydrogen) atoms. The molecule has 1 amide bonds. The third-order valence-corrected chi connectivity index (χ3v) is 7.42. The van der Waals surface area contributed by atoms with E-state index in [1.807, 2.05) is 36.4 Å². The number of hydrogen-bond donors (Lipinski definition) is 2. The highest BCUT2D eigenvalue weighted by atomic mass is 32.2. The smallest absolute Gasteiger partial charge is 0.227 e. The molecule has 0 bridgehead atoms. The Balaban J connectivity index is 1.55. The standard InChI is InChI=1S/C21H28N2O4S/c1-21(2,3)28(25,26)23-17-11-9-15(10-12-17)20(24)22-18-7-4-6-16(14-18)19-8-5-13-27-19/h4-8,13-15,17,23H,9-12H2,1-3H3,(H,22,24)/t15-,17-. The van der Waals surface area contributed by atoms with Gasteiger partial charge in [0.2, 0.25) is 15.9 Å². The van der Waals surface area contributed by atoms with Gasteiger partial charge in [0.15, 0.2) is 0 Å². The molecule has 2 aromatic rings. The fourth-order valence-electron chi connectivity index (χ4n) is 3.31. The SMILES string of the molecule is CC(C)(C)S(=O)(=O)N[C@H]1CC[C@H](C(=O)Nc2cccc(-c3ccco3)c2)CC1. The van der Waals surface area contributed by atoms with Gasteiger partial charge in [-0.1, -0.05) is 12.1 Å². The van der Waals surface area contributed by atoms with Gasteiger partial charge in [-0.25, -0.2) is 13.1 Å². The lowest BCUT2D eigenvalue weighted by molar-refractivity contribution is -0.120. The van der Waals surface area contributed by atoms with Crippen LogP contribution in [0.5, 0.6) is 0 Å². The monoisotopic (exact) mass is 404 g/mol. The van der Waals surface area contributed by atoms with Crippen molar-refractivity contribution in [3.63, 3.8) is 0 Å². The number of sulfonamides is 1. The summed E-state index contributed by atoms with van der Waals surface area (Å²) in [4.78, 5) is 12.6. The number of amides is 1. The van der Waals surface area contributed by atoms with Crippen molar-refractivity contribution in [2.75, 3.05) is 5.32 Å². The van der Waals surface area contributed by atoms with Crippen LogP contribution in [-0.2, 0) is 14.8 Å². The van der Waals surface area contributed by atoms with E-state index in [1.54, 1.807) is 27.0 Å². The Hall–Kier alpha value is -2.12. The molecule has 1 aliphatic carbocycles. The zero-order valence-corrected chi connectivity index (χ0v) is 17.4. The molecule has 0 unspecified atom stereocenters. The van der Waals surface area contributed by atoms with Crippen molar-refractivity contribution in [1.82, 2.24) is 4.72 Å². The summed E-state index contributed by atoms with van der Waals surface area (Å²) < 4.78 is 32.0. The fraction of sp³-hybridized carbons (Fsp3) is 0.476. The van der Waals surface area contributed by atoms with Gasteiger partial charge in [-0.2, -0.15) is 0 Å². The molecule has 6 nitrogen and oxygen atoms in total. The van der Waals surface area contributed by atoms with Crippen molar-refractivity contribution < 1.29 is 17.6 Å². The van der Waals surface area contributed by atoms with Crippen LogP contribution >= 0.6 is 0 Å². The molecular formula is C21H28N2O4S. The van der Waals surface area contributed by atoms with E-state index in [9.17, 15) is 13.2 Å². The molecule has 0 radical (unpaired) electrons. The second-order valence-corrected chi connectivity index (χ2v) is 10.8. The van der Waals surface area contributed by atoms with Crippen molar-refractivity contribution in [2.24, 2.45) is 5.92 Å². The molecule has 0 aliphatic heterocycles. The van der Waals surface area contributed by atoms with Gasteiger partial charge in [0.1, 0.15) is 5.76 Å². The van der Waals surface area contributed by atoms with Gasteiger partial charge < -0.3 is 9.73 Å². The van der Waals surface area contributed by atoms with Crippen LogP contribution in [0.2, 0.25) is 0 Å². The van der Waals surface area contributed by atoms with Crippen LogP contribution in [0.25, 0.3) is 11.3 Å². The topological polar surface area (TPSA) is 88.4 Å². The van der Waals surface area contributed by atoms with E-state index < -0.39 is 14.8 Å². The van der Waals surface area contributed by atoms with E-state index in [4.69, 9.17) is 4.42 Å². The molecule has 1 aromatic carbocycles. The molecule has 0 saturated heterocycles. The third-order valence-electron chi connectivity index (χ3n) is 5.16. The van der Waals surface area contributed by atoms with Gasteiger partial charge in [0.25, 0.3) is 0 Å². The molecule has 1 fully saturated rings. The number of anilines is 1. The summed E-state index contributed by atoms with van der Waals surface area (Å²) in [7, 11) is -3.37. The summed E-state index contributed by atoms with van der Waals surface area (Å²) in [6, 6.07) is 11.2. The molecule has 152 valence electrons. The molecule has 1 aliphatic rings. The first-order valence-corrected chi connectivity index (χ1v) is 11.1. The Morgan fingerprint density at radius 1 is 1.07 bits per heavy atom. The predicted octanol–water partition coefficient (Wildman–Crippen LogP) is 4.16. The summed E-state index contributed by atoms with van der Waals surface area (Å²) in [6.07, 6.45) is 4.29. The van der Waals surface area contributed by atoms with E-state index in [2.05, 4.69) is 10.0 Å². The minimum Gasteiger partial charge on any atom is -0.464 e. The van der Waals surface area contributed by atoms with Crippen LogP contribution in [0.3, 0.4) is 0 Å². The Kier molecular flexibility index (Phi) is 5.95. The maximum absolute atomic E-state index is 12.6. The summed E-state index contributed by atoms with van der Waals surface area (Å²) in [6.45, 7) is 5.06. The van der Waals surface area contributed by atoms with Gasteiger partial charge in [-0.3, -0.25) is 4.79 Å². The second-order valence-electron chi connectivity index (χ2n) is 8.33. The number of nitrogens with one attached hydrogen (secondary N) is 2. The quantitative estimate of drug-likeness (QED) is 0.783. The second kappa shape index (κ2) is 8.09. The van der Waals surface area contributed by atoms with Gasteiger partial charge in [0, 0.05) is 23.2 Å². The number of furan rings is 1. The molecule has 0 atom stereocenters. The zero-order valence-electron chi connectivity index (χ0n) is 16.6. The first-order chi connectivity index (χ1) is 13.2. The normalized spacial score (nSPS) is 20.7. The Morgan fingerprint density at radius 3 is 2.39 bits per heavy atom. The van der Waals surface area contributed by atoms with Gasteiger partial charge >= 0.3 is 0 Å². The van der Waals surface area contributed by atoms with E-state index in [-0.39, 0.29) is 17.9 Å². The number of carbonyl (C=O) groups excluding carboxylic acids is 1. The van der Waals surface area contributed by atoms with Crippen LogP contribution in [0.15, 0.2) is 47.1 Å². The minimum absolute atomic E-state index is 0.0197. The number of carbonyl (C=O) groups is 1. The van der Waals surface area contributed by atoms with Gasteiger partial charge in [0.05, 0.1) is 11.0 Å². The summed E-state index contributed by atoms with van der Waals surface area (Å²) in [5, 5.41) is 2.98. The maximum atomic E-state index is 12.6. The van der Waals surface area contributed by atoms with Crippen molar-refractivity contribution >= 4 is 21.6 Å². The molecule has 7 heteroatoms. The van der Waals surface area contributed by atoms with E-state index >= 15 is 0 Å². The largest absolute Gasteiger partial charge is 0.464 e. The first-order valence-electron chi connectivity index (χ1n) is 9.62. The lowest BCUT2D eigenvalue weighted by atomic mass is 9.86. The van der Waals surface area contributed by atoms with Gasteiger partial charge in [-0.15, -0.1) is 0 Å². The average molecular weight is 405 g/mol. The van der Waals surface area contributed by atoms with Crippen LogP contribution in [-0.4, -0.2) is 25.1 Å². The summed E-state index contributed by atoms with van der Waals surface area (Å²) in [5.41, 5.74) is 1.64. The highest BCUT2D eigenvalue weighted by Crippen LogP contribution is 2.28. The highest BCUT2D eigenvalue weighted by molar-refractivity contribution is 7.90. The van der Waals surface area contributed by atoms with Gasteiger partial charge in [-0.05, 0) is 70.7 Å². The number of rotatable bonds is 5. The van der Waals surface area contributed by atoms with Crippen molar-refractivity contribution in [2.45, 2.75) is 57.2 Å². The predicted molar refractivity (Wildman–Crippen MR) is 110 cm³/mol. The number of hydrogen-bond acceptors (Lipinski definition) is 4. The van der Waals surface area contributed by atoms with E-state index in [0.717, 1.165) is 17.0 Å². The average Bonchev–Trinajstić information content (AvgIpc) is 3.16. The van der Waals surface area contributed by atoms with Crippen molar-refractivity contribution in [3.8, 4) is 11.3 Å². The van der Waals surface area contributed by atoms with Crippen LogP contribution in [0.1, 0.15) is 46.5 Å². The molecule has 3 rings (SSSR count). The molecule has 2 N–H and O–H groups in total. The molecule has 0 spiro atoms. The third kappa shape index (κ3) is 4.83. The van der Waals surface area contributed by atoms with Crippen molar-refractivity contribution in [1.29, 1.82) is 0 Å². The Bertz CT molecular complexity index is 906. The van der Waals surface area contributed by atoms with Crippen LogP contribution < -0.4 is 10.0 Å². The molecular weight excluding hydrogens is 376 g/mol. The van der Waals surface area contributed by atoms with Crippen molar-refractivity contribution in [3.05, 3.63) is 42.7 Å². The van der Waals surface area contributed by atoms with Crippen LogP contribution in [0, 0.1) is 5.92 Å². The lowest BCUT2D eigenvalue weighted by Gasteiger charge is -2.30. The Morgan fingerprint density at radius 2 is 1.79 bits per heavy atom. The summed E-state index contributed by atoms with van der Waals surface area (Å²) in [5.74, 6) is 0.624. The maximum Gasteiger partial charge on any atom is 0.227 e. The summed E-state index contributed by atoms with van der Waals surface area (Å²) >= 11 is 0. The van der Waals surface area contributed by atoms with E-state index in [1.165, 1.54) is 0 Å². The number of benzene rings is 1.